The minimum absolute atomic E-state index is 0.00870. The average Bonchev–Trinajstić information content (AvgIpc) is 3.15. The van der Waals surface area contributed by atoms with Crippen LogP contribution in [0.3, 0.4) is 0 Å². The van der Waals surface area contributed by atoms with Crippen LogP contribution in [0.5, 0.6) is 17.2 Å². The molecule has 126 valence electrons. The van der Waals surface area contributed by atoms with Gasteiger partial charge in [0, 0.05) is 31.3 Å². The summed E-state index contributed by atoms with van der Waals surface area (Å²) in [7, 11) is 6.82. The Kier molecular flexibility index (Phi) is 4.35. The standard InChI is InChI=1S/C17H24N2O4/c1-18-6-5-11-9-19(10-13(11)18)17(20)12-7-15(22-3)16(23-4)8-14(12)21-2/h7-8,11,13H,5-6,9-10H2,1-4H3/t11-,13+/m1/s1. The van der Waals surface area contributed by atoms with E-state index >= 15 is 0 Å². The second-order valence-electron chi connectivity index (χ2n) is 6.21. The number of ether oxygens (including phenoxy) is 3. The van der Waals surface area contributed by atoms with Crippen LogP contribution in [0.1, 0.15) is 16.8 Å². The van der Waals surface area contributed by atoms with Gasteiger partial charge < -0.3 is 24.0 Å². The van der Waals surface area contributed by atoms with Crippen LogP contribution in [0.15, 0.2) is 12.1 Å². The highest BCUT2D eigenvalue weighted by atomic mass is 16.5. The highest BCUT2D eigenvalue weighted by Gasteiger charge is 2.41. The van der Waals surface area contributed by atoms with E-state index in [0.717, 1.165) is 26.1 Å². The first-order valence-corrected chi connectivity index (χ1v) is 7.88. The molecule has 2 aliphatic rings. The highest BCUT2D eigenvalue weighted by molar-refractivity contribution is 5.98. The zero-order chi connectivity index (χ0) is 16.6. The summed E-state index contributed by atoms with van der Waals surface area (Å²) in [5, 5.41) is 0. The number of hydrogen-bond donors (Lipinski definition) is 0. The largest absolute Gasteiger partial charge is 0.496 e. The molecule has 0 spiro atoms. The molecule has 2 aliphatic heterocycles. The van der Waals surface area contributed by atoms with Gasteiger partial charge in [-0.1, -0.05) is 0 Å². The first-order chi connectivity index (χ1) is 11.1. The Morgan fingerprint density at radius 1 is 1.04 bits per heavy atom. The number of carbonyl (C=O) groups excluding carboxylic acids is 1. The number of amides is 1. The molecule has 3 rings (SSSR count). The lowest BCUT2D eigenvalue weighted by Crippen LogP contribution is -2.35. The van der Waals surface area contributed by atoms with Crippen molar-refractivity contribution in [2.45, 2.75) is 12.5 Å². The van der Waals surface area contributed by atoms with Gasteiger partial charge in [0.1, 0.15) is 5.75 Å². The number of carbonyl (C=O) groups is 1. The number of methoxy groups -OCH3 is 3. The molecule has 2 atom stereocenters. The van der Waals surface area contributed by atoms with Crippen LogP contribution in [0.2, 0.25) is 0 Å². The number of likely N-dealkylation sites (tertiary alicyclic amines) is 2. The van der Waals surface area contributed by atoms with Crippen molar-refractivity contribution in [3.8, 4) is 17.2 Å². The van der Waals surface area contributed by atoms with Crippen molar-refractivity contribution in [3.63, 3.8) is 0 Å². The Morgan fingerprint density at radius 3 is 2.30 bits per heavy atom. The molecule has 0 bridgehead atoms. The van der Waals surface area contributed by atoms with E-state index in [1.807, 2.05) is 4.90 Å². The fraction of sp³-hybridized carbons (Fsp3) is 0.588. The van der Waals surface area contributed by atoms with E-state index in [1.165, 1.54) is 0 Å². The topological polar surface area (TPSA) is 51.2 Å². The Bertz CT molecular complexity index is 605. The number of likely N-dealkylation sites (N-methyl/N-ethyl adjacent to an activating group) is 1. The normalized spacial score (nSPS) is 23.7. The Hall–Kier alpha value is -1.95. The first kappa shape index (κ1) is 15.9. The van der Waals surface area contributed by atoms with Gasteiger partial charge in [-0.2, -0.15) is 0 Å². The summed E-state index contributed by atoms with van der Waals surface area (Å²) in [5.41, 5.74) is 0.521. The van der Waals surface area contributed by atoms with Crippen molar-refractivity contribution in [3.05, 3.63) is 17.7 Å². The molecule has 1 aromatic rings. The van der Waals surface area contributed by atoms with Crippen LogP contribution < -0.4 is 14.2 Å². The van der Waals surface area contributed by atoms with E-state index in [0.29, 0.717) is 34.8 Å². The van der Waals surface area contributed by atoms with E-state index in [2.05, 4.69) is 11.9 Å². The minimum Gasteiger partial charge on any atom is -0.496 e. The predicted octanol–water partition coefficient (Wildman–Crippen LogP) is 1.49. The van der Waals surface area contributed by atoms with Gasteiger partial charge in [-0.3, -0.25) is 4.79 Å². The summed E-state index contributed by atoms with van der Waals surface area (Å²) in [6, 6.07) is 3.89. The van der Waals surface area contributed by atoms with Gasteiger partial charge in [0.15, 0.2) is 11.5 Å². The summed E-state index contributed by atoms with van der Waals surface area (Å²) in [5.74, 6) is 2.17. The van der Waals surface area contributed by atoms with Crippen LogP contribution in [-0.2, 0) is 0 Å². The molecule has 6 nitrogen and oxygen atoms in total. The molecule has 0 saturated carbocycles. The molecule has 1 amide bonds. The average molecular weight is 320 g/mol. The van der Waals surface area contributed by atoms with Gasteiger partial charge in [-0.25, -0.2) is 0 Å². The van der Waals surface area contributed by atoms with Crippen molar-refractivity contribution in [2.75, 3.05) is 48.0 Å². The quantitative estimate of drug-likeness (QED) is 0.841. The molecule has 0 aliphatic carbocycles. The van der Waals surface area contributed by atoms with Crippen molar-refractivity contribution >= 4 is 5.91 Å². The molecule has 2 fully saturated rings. The number of hydrogen-bond acceptors (Lipinski definition) is 5. The number of nitrogens with zero attached hydrogens (tertiary/aromatic N) is 2. The Morgan fingerprint density at radius 2 is 1.70 bits per heavy atom. The molecule has 2 heterocycles. The third kappa shape index (κ3) is 2.72. The van der Waals surface area contributed by atoms with Gasteiger partial charge in [-0.15, -0.1) is 0 Å². The molecular formula is C17H24N2O4. The molecule has 1 aromatic carbocycles. The van der Waals surface area contributed by atoms with Gasteiger partial charge in [-0.05, 0) is 25.9 Å². The maximum atomic E-state index is 13.0. The van der Waals surface area contributed by atoms with Crippen LogP contribution in [0, 0.1) is 5.92 Å². The highest BCUT2D eigenvalue weighted by Crippen LogP contribution is 2.37. The second-order valence-corrected chi connectivity index (χ2v) is 6.21. The smallest absolute Gasteiger partial charge is 0.257 e. The van der Waals surface area contributed by atoms with Gasteiger partial charge in [0.05, 0.1) is 26.9 Å². The van der Waals surface area contributed by atoms with E-state index in [4.69, 9.17) is 14.2 Å². The lowest BCUT2D eigenvalue weighted by Gasteiger charge is -2.22. The summed E-state index contributed by atoms with van der Waals surface area (Å²) < 4.78 is 16.0. The number of benzene rings is 1. The molecule has 0 N–H and O–H groups in total. The van der Waals surface area contributed by atoms with E-state index in [-0.39, 0.29) is 5.91 Å². The van der Waals surface area contributed by atoms with Gasteiger partial charge in [0.2, 0.25) is 0 Å². The van der Waals surface area contributed by atoms with E-state index in [9.17, 15) is 4.79 Å². The Labute approximate surface area is 136 Å². The first-order valence-electron chi connectivity index (χ1n) is 7.88. The maximum absolute atomic E-state index is 13.0. The molecular weight excluding hydrogens is 296 g/mol. The van der Waals surface area contributed by atoms with Crippen molar-refractivity contribution in [1.29, 1.82) is 0 Å². The van der Waals surface area contributed by atoms with Crippen LogP contribution >= 0.6 is 0 Å². The third-order valence-electron chi connectivity index (χ3n) is 5.05. The van der Waals surface area contributed by atoms with Gasteiger partial charge in [0.25, 0.3) is 5.91 Å². The Balaban J connectivity index is 1.87. The van der Waals surface area contributed by atoms with Crippen LogP contribution in [-0.4, -0.2) is 69.8 Å². The summed E-state index contributed by atoms with van der Waals surface area (Å²) in [4.78, 5) is 17.2. The van der Waals surface area contributed by atoms with Gasteiger partial charge >= 0.3 is 0 Å². The third-order valence-corrected chi connectivity index (χ3v) is 5.05. The van der Waals surface area contributed by atoms with Crippen molar-refractivity contribution in [1.82, 2.24) is 9.80 Å². The minimum atomic E-state index is -0.00870. The summed E-state index contributed by atoms with van der Waals surface area (Å²) in [6.45, 7) is 2.71. The maximum Gasteiger partial charge on any atom is 0.257 e. The number of fused-ring (bicyclic) bond motifs is 1. The summed E-state index contributed by atoms with van der Waals surface area (Å²) >= 11 is 0. The fourth-order valence-corrected chi connectivity index (χ4v) is 3.70. The van der Waals surface area contributed by atoms with Crippen molar-refractivity contribution in [2.24, 2.45) is 5.92 Å². The molecule has 23 heavy (non-hydrogen) atoms. The van der Waals surface area contributed by atoms with Crippen molar-refractivity contribution < 1.29 is 19.0 Å². The predicted molar refractivity (Wildman–Crippen MR) is 86.5 cm³/mol. The molecule has 0 aromatic heterocycles. The second kappa shape index (κ2) is 6.28. The molecule has 2 saturated heterocycles. The van der Waals surface area contributed by atoms with Crippen LogP contribution in [0.25, 0.3) is 0 Å². The molecule has 0 unspecified atom stereocenters. The lowest BCUT2D eigenvalue weighted by molar-refractivity contribution is 0.0771. The lowest BCUT2D eigenvalue weighted by atomic mass is 10.1. The number of rotatable bonds is 4. The SMILES string of the molecule is COc1cc(OC)c(C(=O)N2C[C@H]3CCN(C)[C@H]3C2)cc1OC. The van der Waals surface area contributed by atoms with E-state index < -0.39 is 0 Å². The molecule has 6 heteroatoms. The van der Waals surface area contributed by atoms with Crippen LogP contribution in [0.4, 0.5) is 0 Å². The zero-order valence-corrected chi connectivity index (χ0v) is 14.2. The molecule has 0 radical (unpaired) electrons. The van der Waals surface area contributed by atoms with E-state index in [1.54, 1.807) is 33.5 Å². The monoisotopic (exact) mass is 320 g/mol. The fourth-order valence-electron chi connectivity index (χ4n) is 3.70. The zero-order valence-electron chi connectivity index (χ0n) is 14.2. The summed E-state index contributed by atoms with van der Waals surface area (Å²) in [6.07, 6.45) is 1.16.